The second kappa shape index (κ2) is 7.12. The predicted octanol–water partition coefficient (Wildman–Crippen LogP) is 2.26. The Morgan fingerprint density at radius 1 is 1.46 bits per heavy atom. The van der Waals surface area contributed by atoms with Crippen LogP contribution in [0, 0.1) is 5.92 Å². The number of likely N-dealkylation sites (tertiary alicyclic amines) is 1. The molecule has 1 aliphatic heterocycles. The van der Waals surface area contributed by atoms with Crippen LogP contribution in [0.15, 0.2) is 17.8 Å². The highest BCUT2D eigenvalue weighted by Crippen LogP contribution is 2.26. The molecule has 7 nitrogen and oxygen atoms in total. The molecule has 0 unspecified atom stereocenters. The molecular weight excluding hydrogens is 328 g/mol. The Morgan fingerprint density at radius 3 is 3.00 bits per heavy atom. The minimum atomic E-state index is -0.779. The molecule has 0 saturated carbocycles. The van der Waals surface area contributed by atoms with Crippen molar-refractivity contribution in [3.8, 4) is 10.6 Å². The van der Waals surface area contributed by atoms with Gasteiger partial charge in [0.15, 0.2) is 0 Å². The molecule has 1 fully saturated rings. The average molecular weight is 348 g/mol. The number of nitrogens with zero attached hydrogens (tertiary/aromatic N) is 4. The third-order valence-corrected chi connectivity index (χ3v) is 5.14. The van der Waals surface area contributed by atoms with Gasteiger partial charge in [0, 0.05) is 43.7 Å². The summed E-state index contributed by atoms with van der Waals surface area (Å²) in [5.74, 6) is -0.587. The van der Waals surface area contributed by atoms with Crippen molar-refractivity contribution in [2.75, 3.05) is 13.1 Å². The molecule has 0 aliphatic carbocycles. The zero-order chi connectivity index (χ0) is 17.1. The van der Waals surface area contributed by atoms with Crippen LogP contribution in [0.4, 0.5) is 0 Å². The molecular formula is C16H20N4O3S. The molecule has 24 heavy (non-hydrogen) atoms. The maximum absolute atomic E-state index is 12.7. The second-order valence-electron chi connectivity index (χ2n) is 6.13. The lowest BCUT2D eigenvalue weighted by atomic mass is 9.93. The van der Waals surface area contributed by atoms with E-state index in [9.17, 15) is 9.59 Å². The normalized spacial score (nSPS) is 17.9. The molecule has 1 N–H and O–H groups in total. The van der Waals surface area contributed by atoms with E-state index < -0.39 is 5.97 Å². The van der Waals surface area contributed by atoms with Crippen LogP contribution in [0.3, 0.4) is 0 Å². The van der Waals surface area contributed by atoms with Crippen LogP contribution in [0.5, 0.6) is 0 Å². The first kappa shape index (κ1) is 16.6. The molecule has 3 heterocycles. The number of piperidine rings is 1. The number of carbonyl (C=O) groups excluding carboxylic acids is 1. The van der Waals surface area contributed by atoms with Crippen LogP contribution in [-0.2, 0) is 11.8 Å². The van der Waals surface area contributed by atoms with Crippen molar-refractivity contribution in [3.63, 3.8) is 0 Å². The first-order valence-corrected chi connectivity index (χ1v) is 8.86. The van der Waals surface area contributed by atoms with Gasteiger partial charge in [-0.05, 0) is 25.2 Å². The van der Waals surface area contributed by atoms with Gasteiger partial charge in [-0.1, -0.05) is 0 Å². The number of carboxylic acid groups (broad SMARTS) is 1. The van der Waals surface area contributed by atoms with Gasteiger partial charge in [-0.2, -0.15) is 5.10 Å². The Bertz CT molecular complexity index is 739. The monoisotopic (exact) mass is 348 g/mol. The third-order valence-electron chi connectivity index (χ3n) is 4.25. The molecule has 1 amide bonds. The number of aromatic nitrogens is 3. The van der Waals surface area contributed by atoms with Crippen molar-refractivity contribution in [1.82, 2.24) is 19.7 Å². The van der Waals surface area contributed by atoms with E-state index in [4.69, 9.17) is 5.11 Å². The Kier molecular flexibility index (Phi) is 4.94. The summed E-state index contributed by atoms with van der Waals surface area (Å²) < 4.78 is 1.70. The second-order valence-corrected chi connectivity index (χ2v) is 6.99. The Morgan fingerprint density at radius 2 is 2.29 bits per heavy atom. The van der Waals surface area contributed by atoms with E-state index in [2.05, 4.69) is 10.1 Å². The number of hydrogen-bond donors (Lipinski definition) is 1. The van der Waals surface area contributed by atoms with Gasteiger partial charge < -0.3 is 10.0 Å². The Balaban J connectivity index is 1.65. The topological polar surface area (TPSA) is 88.3 Å². The van der Waals surface area contributed by atoms with Gasteiger partial charge in [0.25, 0.3) is 5.91 Å². The van der Waals surface area contributed by atoms with Crippen LogP contribution in [0.2, 0.25) is 0 Å². The minimum Gasteiger partial charge on any atom is -0.481 e. The summed E-state index contributed by atoms with van der Waals surface area (Å²) in [5, 5.41) is 15.5. The Hall–Kier alpha value is -2.22. The van der Waals surface area contributed by atoms with Crippen LogP contribution in [0.25, 0.3) is 10.6 Å². The zero-order valence-corrected chi connectivity index (χ0v) is 14.3. The maximum atomic E-state index is 12.7. The van der Waals surface area contributed by atoms with Crippen LogP contribution in [-0.4, -0.2) is 49.7 Å². The zero-order valence-electron chi connectivity index (χ0n) is 13.5. The SMILES string of the molecule is Cn1cc(-c2nc(C(=O)N3CCC[C@H](CCC(=O)O)C3)cs2)cn1. The van der Waals surface area contributed by atoms with Gasteiger partial charge in [0.2, 0.25) is 0 Å². The molecule has 0 spiro atoms. The number of carbonyl (C=O) groups is 2. The van der Waals surface area contributed by atoms with Crippen molar-refractivity contribution < 1.29 is 14.7 Å². The standard InChI is InChI=1S/C16H20N4O3S/c1-19-9-12(7-17-19)15-18-13(10-24-15)16(23)20-6-2-3-11(8-20)4-5-14(21)22/h7,9-11H,2-6,8H2,1H3,(H,21,22)/t11-/m1/s1. The molecule has 2 aromatic rings. The fraction of sp³-hybridized carbons (Fsp3) is 0.500. The summed E-state index contributed by atoms with van der Waals surface area (Å²) in [6, 6.07) is 0. The summed E-state index contributed by atoms with van der Waals surface area (Å²) >= 11 is 1.43. The van der Waals surface area contributed by atoms with Crippen LogP contribution >= 0.6 is 11.3 Å². The summed E-state index contributed by atoms with van der Waals surface area (Å²) in [4.78, 5) is 29.6. The lowest BCUT2D eigenvalue weighted by molar-refractivity contribution is -0.137. The number of carboxylic acids is 1. The molecule has 1 saturated heterocycles. The summed E-state index contributed by atoms with van der Waals surface area (Å²) in [7, 11) is 1.84. The molecule has 0 bridgehead atoms. The van der Waals surface area contributed by atoms with Gasteiger partial charge in [0.05, 0.1) is 6.20 Å². The van der Waals surface area contributed by atoms with Crippen molar-refractivity contribution in [2.24, 2.45) is 13.0 Å². The molecule has 0 aromatic carbocycles. The fourth-order valence-corrected chi connectivity index (χ4v) is 3.78. The molecule has 128 valence electrons. The first-order chi connectivity index (χ1) is 11.5. The highest BCUT2D eigenvalue weighted by Gasteiger charge is 2.26. The van der Waals surface area contributed by atoms with E-state index in [0.29, 0.717) is 25.2 Å². The van der Waals surface area contributed by atoms with E-state index in [0.717, 1.165) is 23.4 Å². The first-order valence-electron chi connectivity index (χ1n) is 7.98. The van der Waals surface area contributed by atoms with Gasteiger partial charge >= 0.3 is 5.97 Å². The molecule has 3 rings (SSSR count). The maximum Gasteiger partial charge on any atom is 0.303 e. The van der Waals surface area contributed by atoms with E-state index in [1.165, 1.54) is 11.3 Å². The highest BCUT2D eigenvalue weighted by molar-refractivity contribution is 7.13. The summed E-state index contributed by atoms with van der Waals surface area (Å²) in [6.07, 6.45) is 6.28. The van der Waals surface area contributed by atoms with Crippen molar-refractivity contribution in [1.29, 1.82) is 0 Å². The summed E-state index contributed by atoms with van der Waals surface area (Å²) in [6.45, 7) is 1.33. The molecule has 2 aromatic heterocycles. The van der Waals surface area contributed by atoms with Crippen LogP contribution < -0.4 is 0 Å². The van der Waals surface area contributed by atoms with Gasteiger partial charge in [-0.3, -0.25) is 14.3 Å². The number of aryl methyl sites for hydroxylation is 1. The molecule has 1 aliphatic rings. The number of aliphatic carboxylic acids is 1. The lowest BCUT2D eigenvalue weighted by Gasteiger charge is -2.32. The Labute approximate surface area is 143 Å². The van der Waals surface area contributed by atoms with Crippen molar-refractivity contribution in [2.45, 2.75) is 25.7 Å². The van der Waals surface area contributed by atoms with Gasteiger partial charge in [-0.15, -0.1) is 11.3 Å². The molecule has 8 heteroatoms. The average Bonchev–Trinajstić information content (AvgIpc) is 3.21. The summed E-state index contributed by atoms with van der Waals surface area (Å²) in [5.41, 5.74) is 1.36. The van der Waals surface area contributed by atoms with Crippen molar-refractivity contribution in [3.05, 3.63) is 23.5 Å². The molecule has 1 atom stereocenters. The predicted molar refractivity (Wildman–Crippen MR) is 89.8 cm³/mol. The number of hydrogen-bond acceptors (Lipinski definition) is 5. The van der Waals surface area contributed by atoms with Crippen molar-refractivity contribution >= 4 is 23.2 Å². The number of amides is 1. The van der Waals surface area contributed by atoms with E-state index in [1.54, 1.807) is 21.2 Å². The van der Waals surface area contributed by atoms with E-state index in [-0.39, 0.29) is 18.2 Å². The lowest BCUT2D eigenvalue weighted by Crippen LogP contribution is -2.40. The van der Waals surface area contributed by atoms with E-state index in [1.807, 2.05) is 13.2 Å². The van der Waals surface area contributed by atoms with E-state index >= 15 is 0 Å². The third kappa shape index (κ3) is 3.81. The smallest absolute Gasteiger partial charge is 0.303 e. The fourth-order valence-electron chi connectivity index (χ4n) is 3.01. The minimum absolute atomic E-state index is 0.0681. The van der Waals surface area contributed by atoms with Gasteiger partial charge in [-0.25, -0.2) is 4.98 Å². The van der Waals surface area contributed by atoms with Gasteiger partial charge in [0.1, 0.15) is 10.7 Å². The molecule has 0 radical (unpaired) electrons. The largest absolute Gasteiger partial charge is 0.481 e. The highest BCUT2D eigenvalue weighted by atomic mass is 32.1. The quantitative estimate of drug-likeness (QED) is 0.895. The number of rotatable bonds is 5. The van der Waals surface area contributed by atoms with Crippen LogP contribution in [0.1, 0.15) is 36.2 Å². The number of thiazole rings is 1.